The Morgan fingerprint density at radius 1 is 0.450 bits per heavy atom. The lowest BCUT2D eigenvalue weighted by Gasteiger charge is -2.32. The molecule has 34 heteroatoms. The largest absolute Gasteiger partial charge is 0.480 e. The van der Waals surface area contributed by atoms with Crippen LogP contribution in [0.15, 0.2) is 54.6 Å². The third kappa shape index (κ3) is 26.1. The minimum Gasteiger partial charge on any atom is -0.480 e. The Bertz CT molecular complexity index is 3210. The Balaban J connectivity index is 1.23. The maximum absolute atomic E-state index is 14.9. The van der Waals surface area contributed by atoms with Gasteiger partial charge in [-0.25, -0.2) is 4.79 Å². The Hall–Kier alpha value is -8.77. The topological polar surface area (TPSA) is 436 Å². The zero-order valence-electron chi connectivity index (χ0n) is 57.0. The Morgan fingerprint density at radius 3 is 1.11 bits per heavy atom. The highest BCUT2D eigenvalue weighted by Gasteiger charge is 2.33. The fraction of sp³-hybridized carbons (Fsp3) is 0.576. The molecule has 0 fully saturated rings. The summed E-state index contributed by atoms with van der Waals surface area (Å²) < 4.78 is 38.7. The molecule has 0 aromatic heterocycles. The maximum Gasteiger partial charge on any atom is 0.326 e. The molecule has 0 bridgehead atoms. The number of aliphatic carboxylic acids is 1. The second-order valence-corrected chi connectivity index (χ2v) is 24.3. The highest BCUT2D eigenvalue weighted by atomic mass is 32.1. The van der Waals surface area contributed by atoms with Gasteiger partial charge < -0.3 is 111 Å². The molecule has 9 amide bonds. The summed E-state index contributed by atoms with van der Waals surface area (Å²) in [5, 5.41) is 15.1. The lowest BCUT2D eigenvalue weighted by Crippen LogP contribution is -2.53. The van der Waals surface area contributed by atoms with Gasteiger partial charge in [0.15, 0.2) is 34.5 Å². The number of fused-ring (bicyclic) bond motifs is 3. The van der Waals surface area contributed by atoms with Crippen LogP contribution < -0.4 is 67.7 Å². The summed E-state index contributed by atoms with van der Waals surface area (Å²) in [6, 6.07) is 13.9. The minimum absolute atomic E-state index is 0.0124. The first kappa shape index (κ1) is 80.2. The molecule has 33 nitrogen and oxygen atoms in total. The first-order chi connectivity index (χ1) is 48.3. The number of unbranched alkanes of at least 4 members (excludes halogenated alkanes) is 4. The predicted octanol–water partition coefficient (Wildman–Crippen LogP) is -1.25. The quantitative estimate of drug-likeness (QED) is 0.0181. The van der Waals surface area contributed by atoms with E-state index in [1.165, 1.54) is 34.3 Å². The number of ether oxygens (including phenoxy) is 7. The average Bonchev–Trinajstić information content (AvgIpc) is 1.63. The lowest BCUT2D eigenvalue weighted by atomic mass is 10.1. The van der Waals surface area contributed by atoms with Crippen molar-refractivity contribution in [2.75, 3.05) is 157 Å². The van der Waals surface area contributed by atoms with E-state index in [0.717, 1.165) is 4.90 Å². The molecule has 100 heavy (non-hydrogen) atoms. The number of carbonyl (C=O) groups excluding carboxylic acids is 9. The highest BCUT2D eigenvalue weighted by molar-refractivity contribution is 7.80. The molecule has 3 heterocycles. The highest BCUT2D eigenvalue weighted by Crippen LogP contribution is 2.35. The molecule has 1 unspecified atom stereocenters. The van der Waals surface area contributed by atoms with Crippen molar-refractivity contribution in [2.24, 2.45) is 28.7 Å². The van der Waals surface area contributed by atoms with E-state index < -0.39 is 124 Å². The van der Waals surface area contributed by atoms with Gasteiger partial charge in [-0.05, 0) is 150 Å². The van der Waals surface area contributed by atoms with Gasteiger partial charge in [-0.1, -0.05) is 18.2 Å². The van der Waals surface area contributed by atoms with Crippen LogP contribution in [0.5, 0.6) is 34.5 Å². The standard InChI is InChI=1S/C66H99N15O18S/c1-2-93-43-72-30-58(83)78(31-47-11-14-51-54(27-47)97-44-94-51)38-61(86)77(25-10-6-21-70)37-64(89)80(33-49-13-16-53-56(29-49)99-46-96-53)40-65(90)81(42-71)41-62(87)75(23-8-4-19-68)35-59(84)76(24-9-5-20-69)36-63(88)79(32-48-12-15-52-55(28-48)98-45-95-52)39-60(85)74(22-7-3-18-67)34-57(82)73-50(17-26-100)66(91)92/h11-16,27-29,50,72,100H,2-10,17-26,30-46,67-71H2,1H3,(H,73,82)(H,91,92). The first-order valence-electron chi connectivity index (χ1n) is 33.6. The van der Waals surface area contributed by atoms with Crippen LogP contribution in [-0.2, 0) is 72.3 Å². The van der Waals surface area contributed by atoms with Crippen molar-refractivity contribution in [1.82, 2.24) is 49.8 Å². The molecule has 3 aromatic rings. The average molecular weight is 1420 g/mol. The number of thiol groups is 1. The number of rotatable bonds is 48. The summed E-state index contributed by atoms with van der Waals surface area (Å²) in [5.74, 6) is -4.42. The zero-order chi connectivity index (χ0) is 72.3. The van der Waals surface area contributed by atoms with Crippen molar-refractivity contribution in [1.29, 1.82) is 0 Å². The van der Waals surface area contributed by atoms with E-state index in [1.54, 1.807) is 61.5 Å². The van der Waals surface area contributed by atoms with Gasteiger partial charge in [-0.3, -0.25) is 48.5 Å². The number of carbonyl (C=O) groups is 10. The second kappa shape index (κ2) is 43.0. The summed E-state index contributed by atoms with van der Waals surface area (Å²) in [6.45, 7) is -2.44. The monoisotopic (exact) mass is 1420 g/mol. The molecule has 13 N–H and O–H groups in total. The molecule has 3 aliphatic rings. The molecule has 0 aliphatic carbocycles. The summed E-state index contributed by atoms with van der Waals surface area (Å²) >= 11 is 4.11. The summed E-state index contributed by atoms with van der Waals surface area (Å²) in [4.78, 5) is 152. The van der Waals surface area contributed by atoms with Gasteiger partial charge in [0.05, 0.1) is 46.1 Å². The van der Waals surface area contributed by atoms with Crippen molar-refractivity contribution in [3.63, 3.8) is 0 Å². The summed E-state index contributed by atoms with van der Waals surface area (Å²) in [5.41, 5.74) is 31.4. The smallest absolute Gasteiger partial charge is 0.326 e. The zero-order valence-corrected chi connectivity index (χ0v) is 57.9. The predicted molar refractivity (Wildman–Crippen MR) is 367 cm³/mol. The maximum atomic E-state index is 14.9. The Kier molecular flexibility index (Phi) is 34.5. The SMILES string of the molecule is CCOCNCC(=O)N(CC(=O)N(CCCCN)CC(=O)N(CC(=O)N(CN)CC(=O)N(CCCCN)CC(=O)N(CCCCN)CC(=O)N(CC(=O)N(CCCCN)CC(=O)NC(CCS)C(=O)O)Cc1ccc2c(c1)OCO2)Cc1ccc2c(c1)OCO2)Cc1ccc2c(c1)OCO2. The van der Waals surface area contributed by atoms with Crippen LogP contribution in [0, 0.1) is 0 Å². The van der Waals surface area contributed by atoms with Gasteiger partial charge in [0.2, 0.25) is 73.5 Å². The van der Waals surface area contributed by atoms with Crippen molar-refractivity contribution >= 4 is 71.8 Å². The third-order valence-electron chi connectivity index (χ3n) is 16.4. The van der Waals surface area contributed by atoms with E-state index in [1.807, 2.05) is 0 Å². The van der Waals surface area contributed by atoms with Crippen LogP contribution in [-0.4, -0.2) is 267 Å². The number of amides is 9. The molecular weight excluding hydrogens is 1320 g/mol. The fourth-order valence-electron chi connectivity index (χ4n) is 10.8. The van der Waals surface area contributed by atoms with E-state index >= 15 is 0 Å². The molecule has 1 atom stereocenters. The van der Waals surface area contributed by atoms with E-state index in [-0.39, 0.29) is 118 Å². The van der Waals surface area contributed by atoms with Crippen LogP contribution in [0.25, 0.3) is 0 Å². The van der Waals surface area contributed by atoms with Crippen molar-refractivity contribution < 1.29 is 86.2 Å². The van der Waals surface area contributed by atoms with Crippen molar-refractivity contribution in [2.45, 2.75) is 90.4 Å². The van der Waals surface area contributed by atoms with Crippen molar-refractivity contribution in [3.05, 3.63) is 71.3 Å². The number of nitrogens with two attached hydrogens (primary N) is 5. The molecule has 6 rings (SSSR count). The Labute approximate surface area is 587 Å². The molecule has 3 aliphatic heterocycles. The van der Waals surface area contributed by atoms with Gasteiger partial charge in [-0.2, -0.15) is 12.6 Å². The van der Waals surface area contributed by atoms with Gasteiger partial charge in [0, 0.05) is 52.4 Å². The number of carboxylic acid groups (broad SMARTS) is 1. The third-order valence-corrected chi connectivity index (χ3v) is 16.6. The van der Waals surface area contributed by atoms with Gasteiger partial charge in [0.25, 0.3) is 0 Å². The van der Waals surface area contributed by atoms with Crippen LogP contribution in [0.3, 0.4) is 0 Å². The molecule has 552 valence electrons. The number of benzene rings is 3. The van der Waals surface area contributed by atoms with Crippen molar-refractivity contribution in [3.8, 4) is 34.5 Å². The number of hydrogen-bond donors (Lipinski definition) is 9. The van der Waals surface area contributed by atoms with Crippen LogP contribution in [0.1, 0.15) is 81.4 Å². The van der Waals surface area contributed by atoms with Gasteiger partial charge >= 0.3 is 5.97 Å². The minimum atomic E-state index is -1.28. The van der Waals surface area contributed by atoms with E-state index in [2.05, 4.69) is 23.3 Å². The fourth-order valence-corrected chi connectivity index (χ4v) is 11.0. The van der Waals surface area contributed by atoms with Crippen LogP contribution in [0.4, 0.5) is 0 Å². The number of hydrogen-bond acceptors (Lipinski definition) is 24. The van der Waals surface area contributed by atoms with E-state index in [0.29, 0.717) is 109 Å². The molecule has 0 saturated carbocycles. The van der Waals surface area contributed by atoms with Gasteiger partial charge in [-0.15, -0.1) is 0 Å². The molecular formula is C66H99N15O18S. The Morgan fingerprint density at radius 2 is 0.770 bits per heavy atom. The molecule has 0 saturated heterocycles. The molecule has 0 spiro atoms. The lowest BCUT2D eigenvalue weighted by molar-refractivity contribution is -0.149. The summed E-state index contributed by atoms with van der Waals surface area (Å²) in [6.07, 6.45) is 3.26. The summed E-state index contributed by atoms with van der Waals surface area (Å²) in [7, 11) is 0. The van der Waals surface area contributed by atoms with Crippen LogP contribution >= 0.6 is 12.6 Å². The number of nitrogens with zero attached hydrogens (tertiary/aromatic N) is 8. The first-order valence-corrected chi connectivity index (χ1v) is 34.2. The number of nitrogens with one attached hydrogen (secondary N) is 2. The van der Waals surface area contributed by atoms with Gasteiger partial charge in [0.1, 0.15) is 32.2 Å². The number of carboxylic acids is 1. The second-order valence-electron chi connectivity index (χ2n) is 23.9. The molecule has 3 aromatic carbocycles. The normalized spacial score (nSPS) is 12.5. The van der Waals surface area contributed by atoms with Crippen LogP contribution in [0.2, 0.25) is 0 Å². The molecule has 0 radical (unpaired) electrons. The van der Waals surface area contributed by atoms with E-state index in [9.17, 15) is 53.1 Å². The van der Waals surface area contributed by atoms with E-state index in [4.69, 9.17) is 61.8 Å².